The van der Waals surface area contributed by atoms with E-state index in [1.165, 1.54) is 30.4 Å². The number of rotatable bonds is 8. The first-order valence-corrected chi connectivity index (χ1v) is 10.9. The molecule has 0 radical (unpaired) electrons. The predicted octanol–water partition coefficient (Wildman–Crippen LogP) is 4.52. The fourth-order valence-electron chi connectivity index (χ4n) is 2.08. The summed E-state index contributed by atoms with van der Waals surface area (Å²) in [6.45, 7) is 2.35. The van der Waals surface area contributed by atoms with Crippen LogP contribution in [0.15, 0.2) is 41.3 Å². The molecule has 2 rings (SSSR count). The molecular weight excluding hydrogens is 401 g/mol. The molecule has 0 heterocycles. The van der Waals surface area contributed by atoms with Crippen LogP contribution in [0.25, 0.3) is 0 Å². The molecule has 0 aliphatic heterocycles. The molecule has 1 N–H and O–H groups in total. The molecule has 0 atom stereocenters. The van der Waals surface area contributed by atoms with Gasteiger partial charge in [0.15, 0.2) is 0 Å². The monoisotopic (exact) mass is 419 g/mol. The van der Waals surface area contributed by atoms with Gasteiger partial charge in [0.2, 0.25) is 10.0 Å². The summed E-state index contributed by atoms with van der Waals surface area (Å²) in [5, 5.41) is 0.0432. The molecule has 2 aromatic rings. The van der Waals surface area contributed by atoms with Crippen LogP contribution in [0.2, 0.25) is 10.0 Å². The third-order valence-corrected chi connectivity index (χ3v) is 6.96. The van der Waals surface area contributed by atoms with Crippen LogP contribution in [0, 0.1) is 6.92 Å². The average Bonchev–Trinajstić information content (AvgIpc) is 2.58. The van der Waals surface area contributed by atoms with Crippen LogP contribution in [0.5, 0.6) is 5.75 Å². The number of ether oxygens (including phenoxy) is 1. The average molecular weight is 420 g/mol. The molecule has 0 unspecified atom stereocenters. The van der Waals surface area contributed by atoms with Gasteiger partial charge >= 0.3 is 0 Å². The van der Waals surface area contributed by atoms with E-state index in [2.05, 4.69) is 29.0 Å². The molecule has 0 aliphatic carbocycles. The second-order valence-electron chi connectivity index (χ2n) is 5.33. The summed E-state index contributed by atoms with van der Waals surface area (Å²) in [6, 6.07) is 11.1. The minimum absolute atomic E-state index is 0.0409. The Bertz CT molecular complexity index is 825. The van der Waals surface area contributed by atoms with Gasteiger partial charge in [-0.2, -0.15) is 11.8 Å². The number of halogens is 2. The number of thioether (sulfide) groups is 1. The predicted molar refractivity (Wildman–Crippen MR) is 106 cm³/mol. The summed E-state index contributed by atoms with van der Waals surface area (Å²) in [7, 11) is -2.28. The van der Waals surface area contributed by atoms with Crippen molar-refractivity contribution >= 4 is 45.0 Å². The number of methoxy groups -OCH3 is 1. The Balaban J connectivity index is 1.89. The van der Waals surface area contributed by atoms with Gasteiger partial charge in [0.05, 0.1) is 12.1 Å². The minimum atomic E-state index is -3.72. The van der Waals surface area contributed by atoms with Crippen molar-refractivity contribution in [2.45, 2.75) is 17.6 Å². The van der Waals surface area contributed by atoms with E-state index in [1.54, 1.807) is 11.8 Å². The van der Waals surface area contributed by atoms with E-state index in [0.29, 0.717) is 18.0 Å². The number of sulfonamides is 1. The standard InChI is InChI=1S/C17H19Cl2NO3S2/c1-12-3-5-13(6-4-12)11-24-10-9-20-25(21,22)15-8-7-14(23-2)16(18)17(15)19/h3-8,20H,9-11H2,1-2H3. The Kier molecular flexibility index (Phi) is 7.46. The van der Waals surface area contributed by atoms with Crippen LogP contribution in [-0.2, 0) is 15.8 Å². The van der Waals surface area contributed by atoms with Gasteiger partial charge in [0.1, 0.15) is 15.7 Å². The molecule has 4 nitrogen and oxygen atoms in total. The number of hydrogen-bond donors (Lipinski definition) is 1. The number of benzene rings is 2. The van der Waals surface area contributed by atoms with Crippen molar-refractivity contribution in [3.63, 3.8) is 0 Å². The quantitative estimate of drug-likeness (QED) is 0.638. The van der Waals surface area contributed by atoms with Gasteiger partial charge in [-0.1, -0.05) is 53.0 Å². The second kappa shape index (κ2) is 9.14. The van der Waals surface area contributed by atoms with E-state index in [0.717, 1.165) is 5.75 Å². The maximum absolute atomic E-state index is 12.4. The third-order valence-electron chi connectivity index (χ3n) is 3.45. The second-order valence-corrected chi connectivity index (χ2v) is 8.93. The lowest BCUT2D eigenvalue weighted by atomic mass is 10.2. The Labute approximate surface area is 162 Å². The highest BCUT2D eigenvalue weighted by molar-refractivity contribution is 7.98. The van der Waals surface area contributed by atoms with Crippen molar-refractivity contribution in [1.29, 1.82) is 0 Å². The molecular formula is C17H19Cl2NO3S2. The maximum Gasteiger partial charge on any atom is 0.242 e. The van der Waals surface area contributed by atoms with Crippen LogP contribution in [0.3, 0.4) is 0 Å². The number of hydrogen-bond acceptors (Lipinski definition) is 4. The molecule has 8 heteroatoms. The largest absolute Gasteiger partial charge is 0.495 e. The van der Waals surface area contributed by atoms with Crippen molar-refractivity contribution in [2.24, 2.45) is 0 Å². The first-order chi connectivity index (χ1) is 11.8. The first-order valence-electron chi connectivity index (χ1n) is 7.50. The zero-order valence-electron chi connectivity index (χ0n) is 13.9. The Morgan fingerprint density at radius 3 is 2.40 bits per heavy atom. The van der Waals surface area contributed by atoms with E-state index in [4.69, 9.17) is 27.9 Å². The summed E-state index contributed by atoms with van der Waals surface area (Å²) in [5.41, 5.74) is 2.43. The molecule has 0 amide bonds. The van der Waals surface area contributed by atoms with Crippen LogP contribution < -0.4 is 9.46 Å². The lowest BCUT2D eigenvalue weighted by Crippen LogP contribution is -2.26. The third kappa shape index (κ3) is 5.53. The maximum atomic E-state index is 12.4. The summed E-state index contributed by atoms with van der Waals surface area (Å²) in [5.74, 6) is 1.81. The highest BCUT2D eigenvalue weighted by Gasteiger charge is 2.21. The molecule has 136 valence electrons. The fraction of sp³-hybridized carbons (Fsp3) is 0.294. The van der Waals surface area contributed by atoms with Gasteiger partial charge in [-0.15, -0.1) is 0 Å². The zero-order valence-corrected chi connectivity index (χ0v) is 17.0. The highest BCUT2D eigenvalue weighted by Crippen LogP contribution is 2.36. The van der Waals surface area contributed by atoms with Crippen molar-refractivity contribution in [3.8, 4) is 5.75 Å². The van der Waals surface area contributed by atoms with Crippen molar-refractivity contribution in [2.75, 3.05) is 19.4 Å². The fourth-order valence-corrected chi connectivity index (χ4v) is 4.90. The summed E-state index contributed by atoms with van der Waals surface area (Å²) in [4.78, 5) is -0.0523. The molecule has 0 spiro atoms. The molecule has 2 aromatic carbocycles. The normalized spacial score (nSPS) is 11.5. The first kappa shape index (κ1) is 20.4. The van der Waals surface area contributed by atoms with E-state index in [-0.39, 0.29) is 14.9 Å². The lowest BCUT2D eigenvalue weighted by Gasteiger charge is -2.11. The van der Waals surface area contributed by atoms with E-state index in [1.807, 2.05) is 6.92 Å². The zero-order chi connectivity index (χ0) is 18.4. The molecule has 0 saturated heterocycles. The van der Waals surface area contributed by atoms with Gasteiger partial charge in [-0.3, -0.25) is 0 Å². The van der Waals surface area contributed by atoms with Crippen molar-refractivity contribution in [3.05, 3.63) is 57.6 Å². The van der Waals surface area contributed by atoms with Crippen LogP contribution in [0.1, 0.15) is 11.1 Å². The molecule has 0 fully saturated rings. The van der Waals surface area contributed by atoms with Gasteiger partial charge in [0.25, 0.3) is 0 Å². The number of aryl methyl sites for hydroxylation is 1. The molecule has 0 saturated carbocycles. The lowest BCUT2D eigenvalue weighted by molar-refractivity contribution is 0.414. The molecule has 25 heavy (non-hydrogen) atoms. The smallest absolute Gasteiger partial charge is 0.242 e. The SMILES string of the molecule is COc1ccc(S(=O)(=O)NCCSCc2ccc(C)cc2)c(Cl)c1Cl. The van der Waals surface area contributed by atoms with Crippen molar-refractivity contribution < 1.29 is 13.2 Å². The number of nitrogens with one attached hydrogen (secondary N) is 1. The Morgan fingerprint density at radius 2 is 1.76 bits per heavy atom. The highest BCUT2D eigenvalue weighted by atomic mass is 35.5. The topological polar surface area (TPSA) is 55.4 Å². The van der Waals surface area contributed by atoms with Gasteiger partial charge in [-0.25, -0.2) is 13.1 Å². The van der Waals surface area contributed by atoms with Gasteiger partial charge < -0.3 is 4.74 Å². The van der Waals surface area contributed by atoms with Crippen molar-refractivity contribution in [1.82, 2.24) is 4.72 Å². The van der Waals surface area contributed by atoms with Gasteiger partial charge in [0, 0.05) is 18.1 Å². The Hall–Kier alpha value is -0.920. The van der Waals surface area contributed by atoms with E-state index in [9.17, 15) is 8.42 Å². The van der Waals surface area contributed by atoms with E-state index < -0.39 is 10.0 Å². The molecule has 0 aliphatic rings. The molecule has 0 bridgehead atoms. The van der Waals surface area contributed by atoms with Crippen LogP contribution in [-0.4, -0.2) is 27.8 Å². The Morgan fingerprint density at radius 1 is 1.08 bits per heavy atom. The van der Waals surface area contributed by atoms with Crippen LogP contribution in [0.4, 0.5) is 0 Å². The summed E-state index contributed by atoms with van der Waals surface area (Å²) >= 11 is 13.7. The van der Waals surface area contributed by atoms with E-state index >= 15 is 0 Å². The summed E-state index contributed by atoms with van der Waals surface area (Å²) in [6.07, 6.45) is 0. The van der Waals surface area contributed by atoms with Gasteiger partial charge in [-0.05, 0) is 24.6 Å². The van der Waals surface area contributed by atoms with Crippen LogP contribution >= 0.6 is 35.0 Å². The minimum Gasteiger partial charge on any atom is -0.495 e. The molecule has 0 aromatic heterocycles. The summed E-state index contributed by atoms with van der Waals surface area (Å²) < 4.78 is 32.3.